The second-order valence-corrected chi connectivity index (χ2v) is 9.13. The molecule has 2 aliphatic rings. The number of piperazine rings is 1. The molecule has 0 radical (unpaired) electrons. The molecule has 2 amide bonds. The molecular formula is C25H27N5O3S. The first-order valence-electron chi connectivity index (χ1n) is 11.0. The molecule has 4 rings (SSSR count). The van der Waals surface area contributed by atoms with Crippen molar-refractivity contribution in [2.75, 3.05) is 31.1 Å². The molecule has 1 aromatic heterocycles. The van der Waals surface area contributed by atoms with Crippen molar-refractivity contribution in [2.24, 2.45) is 4.99 Å². The molecule has 2 aromatic rings. The fourth-order valence-corrected chi connectivity index (χ4v) is 4.75. The molecule has 2 aliphatic heterocycles. The van der Waals surface area contributed by atoms with Gasteiger partial charge in [0.25, 0.3) is 11.8 Å². The molecule has 34 heavy (non-hydrogen) atoms. The van der Waals surface area contributed by atoms with E-state index in [9.17, 15) is 14.7 Å². The standard InChI is InChI=1S/C25H27N5O3S/c1-16(15-27-9-8-17(2)29-12-10-26-11-13-29)28-24(32)22-6-7-23(34-22)30-18(3)21-14-19(31)4-5-20(21)25(30)33/h4-9,14-15,26,31H,3,10-13H2,1-2H3,(H,28,32)/b16-15+,17-8+,27-9-. The zero-order valence-electron chi connectivity index (χ0n) is 19.2. The fourth-order valence-electron chi connectivity index (χ4n) is 3.83. The van der Waals surface area contributed by atoms with E-state index in [0.29, 0.717) is 32.4 Å². The third kappa shape index (κ3) is 4.95. The normalized spacial score (nSPS) is 17.0. The number of phenolic OH excluding ortho intramolecular Hbond substituents is 1. The number of fused-ring (bicyclic) bond motifs is 1. The Morgan fingerprint density at radius 1 is 1.21 bits per heavy atom. The minimum absolute atomic E-state index is 0.0696. The number of carbonyl (C=O) groups is 2. The minimum Gasteiger partial charge on any atom is -0.508 e. The van der Waals surface area contributed by atoms with Crippen molar-refractivity contribution in [3.05, 3.63) is 76.6 Å². The van der Waals surface area contributed by atoms with Crippen LogP contribution in [0.3, 0.4) is 0 Å². The molecular weight excluding hydrogens is 450 g/mol. The number of aliphatic imine (C=N–C) groups is 1. The SMILES string of the molecule is C=C1c2cc(O)ccc2C(=O)N1c1ccc(C(=O)N/C(C)=C/N=C\C=C(/C)N2CCNCC2)s1. The summed E-state index contributed by atoms with van der Waals surface area (Å²) in [7, 11) is 0. The van der Waals surface area contributed by atoms with Gasteiger partial charge in [-0.15, -0.1) is 11.3 Å². The largest absolute Gasteiger partial charge is 0.508 e. The van der Waals surface area contributed by atoms with Gasteiger partial charge in [-0.1, -0.05) is 6.58 Å². The number of phenols is 1. The number of aromatic hydroxyl groups is 1. The Kier molecular flexibility index (Phi) is 6.95. The monoisotopic (exact) mass is 477 g/mol. The lowest BCUT2D eigenvalue weighted by Crippen LogP contribution is -2.42. The summed E-state index contributed by atoms with van der Waals surface area (Å²) < 4.78 is 0. The number of nitrogens with one attached hydrogen (secondary N) is 2. The molecule has 3 N–H and O–H groups in total. The second-order valence-electron chi connectivity index (χ2n) is 8.06. The predicted molar refractivity (Wildman–Crippen MR) is 136 cm³/mol. The molecule has 0 atom stereocenters. The average Bonchev–Trinajstić information content (AvgIpc) is 3.40. The zero-order valence-corrected chi connectivity index (χ0v) is 20.0. The van der Waals surface area contributed by atoms with Crippen molar-refractivity contribution >= 4 is 40.1 Å². The van der Waals surface area contributed by atoms with Gasteiger partial charge >= 0.3 is 0 Å². The molecule has 0 saturated carbocycles. The fraction of sp³-hybridized carbons (Fsp3) is 0.240. The highest BCUT2D eigenvalue weighted by Crippen LogP contribution is 2.40. The second kappa shape index (κ2) is 10.1. The number of thiophene rings is 1. The van der Waals surface area contributed by atoms with Crippen LogP contribution in [0.5, 0.6) is 5.75 Å². The lowest BCUT2D eigenvalue weighted by atomic mass is 10.1. The van der Waals surface area contributed by atoms with Crippen molar-refractivity contribution in [3.8, 4) is 5.75 Å². The van der Waals surface area contributed by atoms with E-state index < -0.39 is 0 Å². The Hall–Kier alpha value is -3.69. The predicted octanol–water partition coefficient (Wildman–Crippen LogP) is 3.56. The summed E-state index contributed by atoms with van der Waals surface area (Å²) in [6.07, 6.45) is 5.28. The van der Waals surface area contributed by atoms with Crippen molar-refractivity contribution in [2.45, 2.75) is 13.8 Å². The summed E-state index contributed by atoms with van der Waals surface area (Å²) in [5.41, 5.74) is 3.29. The molecule has 1 fully saturated rings. The van der Waals surface area contributed by atoms with Crippen molar-refractivity contribution in [1.29, 1.82) is 0 Å². The summed E-state index contributed by atoms with van der Waals surface area (Å²) in [6.45, 7) is 11.7. The molecule has 9 heteroatoms. The van der Waals surface area contributed by atoms with Crippen LogP contribution in [0.1, 0.15) is 39.4 Å². The van der Waals surface area contributed by atoms with Crippen molar-refractivity contribution < 1.29 is 14.7 Å². The van der Waals surface area contributed by atoms with Crippen LogP contribution in [0.15, 0.2) is 65.6 Å². The summed E-state index contributed by atoms with van der Waals surface area (Å²) >= 11 is 1.19. The van der Waals surface area contributed by atoms with Crippen molar-refractivity contribution in [1.82, 2.24) is 15.5 Å². The molecule has 0 aliphatic carbocycles. The van der Waals surface area contributed by atoms with E-state index in [0.717, 1.165) is 31.9 Å². The van der Waals surface area contributed by atoms with E-state index in [1.165, 1.54) is 28.4 Å². The number of benzene rings is 1. The number of carbonyl (C=O) groups excluding carboxylic acids is 2. The molecule has 176 valence electrons. The number of anilines is 1. The van der Waals surface area contributed by atoms with Gasteiger partial charge in [-0.2, -0.15) is 0 Å². The van der Waals surface area contributed by atoms with E-state index >= 15 is 0 Å². The Morgan fingerprint density at radius 3 is 2.74 bits per heavy atom. The van der Waals surface area contributed by atoms with Crippen LogP contribution >= 0.6 is 11.3 Å². The average molecular weight is 478 g/mol. The van der Waals surface area contributed by atoms with E-state index in [1.807, 2.05) is 6.08 Å². The van der Waals surface area contributed by atoms with E-state index in [4.69, 9.17) is 0 Å². The summed E-state index contributed by atoms with van der Waals surface area (Å²) in [5, 5.41) is 16.5. The Bertz CT molecular complexity index is 1220. The first-order chi connectivity index (χ1) is 16.3. The highest BCUT2D eigenvalue weighted by Gasteiger charge is 2.33. The van der Waals surface area contributed by atoms with Crippen LogP contribution in [0.25, 0.3) is 5.70 Å². The highest BCUT2D eigenvalue weighted by atomic mass is 32.1. The minimum atomic E-state index is -0.278. The van der Waals surface area contributed by atoms with Crippen LogP contribution in [0.4, 0.5) is 5.00 Å². The number of nitrogens with zero attached hydrogens (tertiary/aromatic N) is 3. The Labute approximate surface area is 202 Å². The van der Waals surface area contributed by atoms with Gasteiger partial charge in [-0.3, -0.25) is 19.5 Å². The molecule has 0 unspecified atom stereocenters. The third-order valence-corrected chi connectivity index (χ3v) is 6.72. The highest BCUT2D eigenvalue weighted by molar-refractivity contribution is 7.18. The number of hydrogen-bond acceptors (Lipinski definition) is 7. The van der Waals surface area contributed by atoms with Crippen LogP contribution in [0, 0.1) is 0 Å². The van der Waals surface area contributed by atoms with Gasteiger partial charge in [0, 0.05) is 61.1 Å². The molecule has 0 spiro atoms. The molecule has 8 nitrogen and oxygen atoms in total. The van der Waals surface area contributed by atoms with E-state index in [-0.39, 0.29) is 17.6 Å². The van der Waals surface area contributed by atoms with E-state index in [2.05, 4.69) is 34.0 Å². The number of amides is 2. The van der Waals surface area contributed by atoms with Gasteiger partial charge in [-0.05, 0) is 50.3 Å². The molecule has 1 aromatic carbocycles. The van der Waals surface area contributed by atoms with Crippen LogP contribution in [-0.2, 0) is 0 Å². The van der Waals surface area contributed by atoms with Crippen LogP contribution in [-0.4, -0.2) is 54.2 Å². The maximum atomic E-state index is 12.8. The van der Waals surface area contributed by atoms with Crippen LogP contribution < -0.4 is 15.5 Å². The van der Waals surface area contributed by atoms with Crippen LogP contribution in [0.2, 0.25) is 0 Å². The maximum Gasteiger partial charge on any atom is 0.265 e. The molecule has 3 heterocycles. The van der Waals surface area contributed by atoms with Gasteiger partial charge in [0.05, 0.1) is 10.6 Å². The first-order valence-corrected chi connectivity index (χ1v) is 11.8. The summed E-state index contributed by atoms with van der Waals surface area (Å²) in [4.78, 5) is 34.0. The van der Waals surface area contributed by atoms with Gasteiger partial charge in [-0.25, -0.2) is 0 Å². The maximum absolute atomic E-state index is 12.8. The van der Waals surface area contributed by atoms with Gasteiger partial charge in [0.1, 0.15) is 10.8 Å². The topological polar surface area (TPSA) is 97.3 Å². The lowest BCUT2D eigenvalue weighted by Gasteiger charge is -2.29. The Morgan fingerprint density at radius 2 is 1.97 bits per heavy atom. The smallest absolute Gasteiger partial charge is 0.265 e. The molecule has 0 bridgehead atoms. The zero-order chi connectivity index (χ0) is 24.2. The number of allylic oxidation sites excluding steroid dienone is 3. The van der Waals surface area contributed by atoms with Crippen molar-refractivity contribution in [3.63, 3.8) is 0 Å². The van der Waals surface area contributed by atoms with E-state index in [1.54, 1.807) is 37.5 Å². The van der Waals surface area contributed by atoms with Gasteiger partial charge in [0.2, 0.25) is 0 Å². The van der Waals surface area contributed by atoms with Gasteiger partial charge < -0.3 is 20.6 Å². The Balaban J connectivity index is 1.38. The lowest BCUT2D eigenvalue weighted by molar-refractivity contribution is 0.0968. The number of hydrogen-bond donors (Lipinski definition) is 3. The molecule has 1 saturated heterocycles. The number of rotatable bonds is 6. The first kappa shape index (κ1) is 23.5. The summed E-state index contributed by atoms with van der Waals surface area (Å²) in [6, 6.07) is 7.96. The third-order valence-electron chi connectivity index (χ3n) is 5.65. The quantitative estimate of drug-likeness (QED) is 0.553. The van der Waals surface area contributed by atoms with Gasteiger partial charge in [0.15, 0.2) is 0 Å². The summed E-state index contributed by atoms with van der Waals surface area (Å²) in [5.74, 6) is -0.441.